The van der Waals surface area contributed by atoms with E-state index < -0.39 is 16.9 Å². The van der Waals surface area contributed by atoms with E-state index in [9.17, 15) is 14.9 Å². The SMILES string of the molecule is CCC(NC(=O)c1c(C)cccc1[N+](=O)[O-])c1noc(C)n1. The van der Waals surface area contributed by atoms with Crippen LogP contribution in [0, 0.1) is 24.0 Å². The molecular weight excluding hydrogens is 288 g/mol. The lowest BCUT2D eigenvalue weighted by Crippen LogP contribution is -2.30. The van der Waals surface area contributed by atoms with Crippen molar-refractivity contribution in [1.29, 1.82) is 0 Å². The van der Waals surface area contributed by atoms with Gasteiger partial charge in [0, 0.05) is 13.0 Å². The van der Waals surface area contributed by atoms with Gasteiger partial charge in [-0.3, -0.25) is 14.9 Å². The summed E-state index contributed by atoms with van der Waals surface area (Å²) in [6.45, 7) is 5.15. The van der Waals surface area contributed by atoms with Crippen LogP contribution in [0.4, 0.5) is 5.69 Å². The Hall–Kier alpha value is -2.77. The lowest BCUT2D eigenvalue weighted by Gasteiger charge is -2.14. The summed E-state index contributed by atoms with van der Waals surface area (Å²) >= 11 is 0. The molecule has 0 saturated carbocycles. The number of nitro benzene ring substituents is 1. The second kappa shape index (κ2) is 6.33. The highest BCUT2D eigenvalue weighted by Crippen LogP contribution is 2.23. The van der Waals surface area contributed by atoms with Gasteiger partial charge in [0.05, 0.1) is 11.0 Å². The number of rotatable bonds is 5. The number of nitrogens with one attached hydrogen (secondary N) is 1. The Bertz CT molecular complexity index is 711. The van der Waals surface area contributed by atoms with E-state index in [0.717, 1.165) is 0 Å². The van der Waals surface area contributed by atoms with Crippen LogP contribution in [0.3, 0.4) is 0 Å². The number of nitrogens with zero attached hydrogens (tertiary/aromatic N) is 3. The van der Waals surface area contributed by atoms with Crippen LogP contribution in [-0.2, 0) is 0 Å². The van der Waals surface area contributed by atoms with Gasteiger partial charge in [0.2, 0.25) is 5.89 Å². The van der Waals surface area contributed by atoms with Crippen LogP contribution in [0.25, 0.3) is 0 Å². The number of hydrogen-bond donors (Lipinski definition) is 1. The molecule has 22 heavy (non-hydrogen) atoms. The van der Waals surface area contributed by atoms with Gasteiger partial charge >= 0.3 is 0 Å². The molecule has 1 aromatic heterocycles. The maximum Gasteiger partial charge on any atom is 0.282 e. The third-order valence-electron chi connectivity index (χ3n) is 3.24. The number of carbonyl (C=O) groups is 1. The smallest absolute Gasteiger partial charge is 0.282 e. The van der Waals surface area contributed by atoms with Crippen LogP contribution < -0.4 is 5.32 Å². The number of aryl methyl sites for hydroxylation is 2. The molecule has 2 aromatic rings. The van der Waals surface area contributed by atoms with Crippen LogP contribution >= 0.6 is 0 Å². The molecule has 0 bridgehead atoms. The largest absolute Gasteiger partial charge is 0.342 e. The minimum atomic E-state index is -0.568. The summed E-state index contributed by atoms with van der Waals surface area (Å²) in [5.74, 6) is 0.216. The van der Waals surface area contributed by atoms with E-state index in [1.165, 1.54) is 6.07 Å². The Labute approximate surface area is 126 Å². The molecule has 0 saturated heterocycles. The number of benzene rings is 1. The van der Waals surface area contributed by atoms with E-state index in [0.29, 0.717) is 23.7 Å². The quantitative estimate of drug-likeness (QED) is 0.671. The van der Waals surface area contributed by atoms with E-state index in [2.05, 4.69) is 15.5 Å². The average molecular weight is 304 g/mol. The normalized spacial score (nSPS) is 12.0. The summed E-state index contributed by atoms with van der Waals surface area (Å²) in [6, 6.07) is 4.04. The Kier molecular flexibility index (Phi) is 4.50. The summed E-state index contributed by atoms with van der Waals surface area (Å²) in [5.41, 5.74) is 0.355. The molecule has 0 aliphatic heterocycles. The zero-order valence-corrected chi connectivity index (χ0v) is 12.5. The molecule has 0 aliphatic carbocycles. The Morgan fingerprint density at radius 3 is 2.73 bits per heavy atom. The molecule has 1 N–H and O–H groups in total. The van der Waals surface area contributed by atoms with Crippen LogP contribution in [0.5, 0.6) is 0 Å². The second-order valence-corrected chi connectivity index (χ2v) is 4.83. The predicted molar refractivity (Wildman–Crippen MR) is 77.4 cm³/mol. The van der Waals surface area contributed by atoms with E-state index in [-0.39, 0.29) is 11.3 Å². The number of amides is 1. The van der Waals surface area contributed by atoms with E-state index in [1.807, 2.05) is 6.92 Å². The summed E-state index contributed by atoms with van der Waals surface area (Å²) in [6.07, 6.45) is 0.532. The second-order valence-electron chi connectivity index (χ2n) is 4.83. The summed E-state index contributed by atoms with van der Waals surface area (Å²) in [5, 5.41) is 17.6. The van der Waals surface area contributed by atoms with E-state index >= 15 is 0 Å². The molecule has 8 heteroatoms. The van der Waals surface area contributed by atoms with Crippen molar-refractivity contribution in [2.45, 2.75) is 33.2 Å². The van der Waals surface area contributed by atoms with Crippen molar-refractivity contribution in [2.75, 3.05) is 0 Å². The molecule has 1 heterocycles. The fourth-order valence-corrected chi connectivity index (χ4v) is 2.14. The summed E-state index contributed by atoms with van der Waals surface area (Å²) in [4.78, 5) is 27.0. The van der Waals surface area contributed by atoms with Crippen molar-refractivity contribution in [3.8, 4) is 0 Å². The van der Waals surface area contributed by atoms with E-state index in [1.54, 1.807) is 26.0 Å². The monoisotopic (exact) mass is 304 g/mol. The van der Waals surface area contributed by atoms with Crippen molar-refractivity contribution in [2.24, 2.45) is 0 Å². The first kappa shape index (κ1) is 15.6. The molecule has 0 fully saturated rings. The number of carbonyl (C=O) groups excluding carboxylic acids is 1. The van der Waals surface area contributed by atoms with Gasteiger partial charge in [-0.2, -0.15) is 4.98 Å². The van der Waals surface area contributed by atoms with Crippen LogP contribution in [0.15, 0.2) is 22.7 Å². The maximum atomic E-state index is 12.4. The molecule has 1 aromatic carbocycles. The van der Waals surface area contributed by atoms with Crippen molar-refractivity contribution in [3.63, 3.8) is 0 Å². The summed E-state index contributed by atoms with van der Waals surface area (Å²) < 4.78 is 4.90. The summed E-state index contributed by atoms with van der Waals surface area (Å²) in [7, 11) is 0. The topological polar surface area (TPSA) is 111 Å². The van der Waals surface area contributed by atoms with Gasteiger partial charge in [-0.15, -0.1) is 0 Å². The van der Waals surface area contributed by atoms with Gasteiger partial charge in [0.1, 0.15) is 5.56 Å². The highest BCUT2D eigenvalue weighted by atomic mass is 16.6. The van der Waals surface area contributed by atoms with Gasteiger partial charge in [-0.05, 0) is 18.9 Å². The number of nitro groups is 1. The third kappa shape index (κ3) is 3.11. The van der Waals surface area contributed by atoms with Crippen molar-refractivity contribution >= 4 is 11.6 Å². The highest BCUT2D eigenvalue weighted by Gasteiger charge is 2.25. The average Bonchev–Trinajstić information content (AvgIpc) is 2.90. The lowest BCUT2D eigenvalue weighted by atomic mass is 10.0. The first-order valence-electron chi connectivity index (χ1n) is 6.79. The molecule has 1 atom stereocenters. The van der Waals surface area contributed by atoms with Crippen molar-refractivity contribution in [1.82, 2.24) is 15.5 Å². The minimum absolute atomic E-state index is 0.0474. The Morgan fingerprint density at radius 2 is 2.18 bits per heavy atom. The van der Waals surface area contributed by atoms with Gasteiger partial charge in [-0.1, -0.05) is 24.2 Å². The number of aromatic nitrogens is 2. The van der Waals surface area contributed by atoms with Crippen LogP contribution in [0.1, 0.15) is 47.0 Å². The molecule has 116 valence electrons. The Morgan fingerprint density at radius 1 is 1.45 bits per heavy atom. The Balaban J connectivity index is 2.30. The molecule has 1 unspecified atom stereocenters. The van der Waals surface area contributed by atoms with Gasteiger partial charge in [0.15, 0.2) is 5.82 Å². The molecule has 0 spiro atoms. The zero-order chi connectivity index (χ0) is 16.3. The third-order valence-corrected chi connectivity index (χ3v) is 3.24. The van der Waals surface area contributed by atoms with Crippen LogP contribution in [-0.4, -0.2) is 21.0 Å². The van der Waals surface area contributed by atoms with Crippen molar-refractivity contribution < 1.29 is 14.2 Å². The maximum absolute atomic E-state index is 12.4. The number of hydrogen-bond acceptors (Lipinski definition) is 6. The standard InChI is InChI=1S/C14H16N4O4/c1-4-10(13-15-9(3)22-17-13)16-14(19)12-8(2)6-5-7-11(12)18(20)21/h5-7,10H,4H2,1-3H3,(H,16,19). The molecule has 2 rings (SSSR count). The molecule has 0 radical (unpaired) electrons. The predicted octanol–water partition coefficient (Wildman–Crippen LogP) is 2.48. The fraction of sp³-hybridized carbons (Fsp3) is 0.357. The van der Waals surface area contributed by atoms with Crippen molar-refractivity contribution in [3.05, 3.63) is 51.2 Å². The first-order chi connectivity index (χ1) is 10.4. The van der Waals surface area contributed by atoms with Gasteiger partial charge < -0.3 is 9.84 Å². The van der Waals surface area contributed by atoms with E-state index in [4.69, 9.17) is 4.52 Å². The molecule has 0 aliphatic rings. The molecule has 8 nitrogen and oxygen atoms in total. The van der Waals surface area contributed by atoms with Gasteiger partial charge in [0.25, 0.3) is 11.6 Å². The fourth-order valence-electron chi connectivity index (χ4n) is 2.14. The highest BCUT2D eigenvalue weighted by molar-refractivity contribution is 5.99. The van der Waals surface area contributed by atoms with Crippen LogP contribution in [0.2, 0.25) is 0 Å². The van der Waals surface area contributed by atoms with Gasteiger partial charge in [-0.25, -0.2) is 0 Å². The molecule has 1 amide bonds. The first-order valence-corrected chi connectivity index (χ1v) is 6.79. The minimum Gasteiger partial charge on any atom is -0.342 e. The lowest BCUT2D eigenvalue weighted by molar-refractivity contribution is -0.385. The zero-order valence-electron chi connectivity index (χ0n) is 12.5. The molecular formula is C14H16N4O4.